The van der Waals surface area contributed by atoms with Gasteiger partial charge in [0.05, 0.1) is 32.0 Å². The molecular weight excluding hydrogens is 546 g/mol. The molecule has 2 aliphatic rings. The molecule has 0 radical (unpaired) electrons. The minimum Gasteiger partial charge on any atom is -0.497 e. The Kier molecular flexibility index (Phi) is 9.78. The Hall–Kier alpha value is -4.57. The number of hydrogen-bond donors (Lipinski definition) is 2. The van der Waals surface area contributed by atoms with Gasteiger partial charge in [0.25, 0.3) is 11.8 Å². The van der Waals surface area contributed by atoms with Gasteiger partial charge >= 0.3 is 0 Å². The molecule has 0 atom stereocenters. The molecule has 2 heterocycles. The number of hydrogen-bond acceptors (Lipinski definition) is 7. The molecule has 0 aliphatic carbocycles. The fourth-order valence-electron chi connectivity index (χ4n) is 5.46. The molecule has 10 heteroatoms. The van der Waals surface area contributed by atoms with Crippen LogP contribution in [0.3, 0.4) is 0 Å². The standard InChI is InChI=1S/C33H39N5O5/c1-42-27-10-7-24(8-11-27)21-31(39)37-19-17-36(18-20-37)30-12-9-26(33(41)38-15-4-13-34-14-16-38)23-29(30)35-32(40)25-5-3-6-28(22-25)43-2/h3,5-12,22-23,34H,4,13-21H2,1-2H3,(H,35,40). The average Bonchev–Trinajstić information content (AvgIpc) is 3.35. The maximum Gasteiger partial charge on any atom is 0.255 e. The van der Waals surface area contributed by atoms with Crippen molar-refractivity contribution in [3.63, 3.8) is 0 Å². The van der Waals surface area contributed by atoms with Crippen molar-refractivity contribution in [1.29, 1.82) is 0 Å². The first-order chi connectivity index (χ1) is 20.9. The molecule has 2 fully saturated rings. The third-order valence-electron chi connectivity index (χ3n) is 7.94. The van der Waals surface area contributed by atoms with Crippen LogP contribution in [-0.2, 0) is 11.2 Å². The van der Waals surface area contributed by atoms with Crippen LogP contribution in [0.15, 0.2) is 66.7 Å². The summed E-state index contributed by atoms with van der Waals surface area (Å²) in [4.78, 5) is 45.7. The number of methoxy groups -OCH3 is 2. The highest BCUT2D eigenvalue weighted by Crippen LogP contribution is 2.30. The molecule has 0 spiro atoms. The normalized spacial score (nSPS) is 15.4. The van der Waals surface area contributed by atoms with E-state index in [4.69, 9.17) is 9.47 Å². The largest absolute Gasteiger partial charge is 0.497 e. The number of carbonyl (C=O) groups is 3. The molecule has 3 amide bonds. The smallest absolute Gasteiger partial charge is 0.255 e. The minimum atomic E-state index is -0.294. The number of carbonyl (C=O) groups excluding carboxylic acids is 3. The minimum absolute atomic E-state index is 0.0546. The lowest BCUT2D eigenvalue weighted by molar-refractivity contribution is -0.130. The Morgan fingerprint density at radius 3 is 2.28 bits per heavy atom. The van der Waals surface area contributed by atoms with Crippen LogP contribution < -0.4 is 25.0 Å². The van der Waals surface area contributed by atoms with E-state index in [9.17, 15) is 14.4 Å². The van der Waals surface area contributed by atoms with Crippen molar-refractivity contribution >= 4 is 29.1 Å². The number of benzene rings is 3. The number of amides is 3. The molecule has 3 aromatic carbocycles. The van der Waals surface area contributed by atoms with E-state index in [1.807, 2.05) is 46.2 Å². The highest BCUT2D eigenvalue weighted by molar-refractivity contribution is 6.07. The van der Waals surface area contributed by atoms with Gasteiger partial charge in [-0.1, -0.05) is 18.2 Å². The van der Waals surface area contributed by atoms with Gasteiger partial charge < -0.3 is 34.8 Å². The molecule has 5 rings (SSSR count). The highest BCUT2D eigenvalue weighted by Gasteiger charge is 2.25. The topological polar surface area (TPSA) is 103 Å². The van der Waals surface area contributed by atoms with Crippen molar-refractivity contribution in [3.8, 4) is 11.5 Å². The quantitative estimate of drug-likeness (QED) is 0.418. The van der Waals surface area contributed by atoms with E-state index in [1.54, 1.807) is 44.6 Å². The lowest BCUT2D eigenvalue weighted by Gasteiger charge is -2.37. The van der Waals surface area contributed by atoms with E-state index in [0.29, 0.717) is 68.3 Å². The number of piperazine rings is 1. The van der Waals surface area contributed by atoms with Gasteiger partial charge in [-0.25, -0.2) is 0 Å². The van der Waals surface area contributed by atoms with Crippen LogP contribution in [0.5, 0.6) is 11.5 Å². The van der Waals surface area contributed by atoms with E-state index >= 15 is 0 Å². The lowest BCUT2D eigenvalue weighted by atomic mass is 10.1. The van der Waals surface area contributed by atoms with E-state index < -0.39 is 0 Å². The predicted octanol–water partition coefficient (Wildman–Crippen LogP) is 3.28. The summed E-state index contributed by atoms with van der Waals surface area (Å²) < 4.78 is 10.5. The number of nitrogens with zero attached hydrogens (tertiary/aromatic N) is 3. The second-order valence-electron chi connectivity index (χ2n) is 10.7. The average molecular weight is 586 g/mol. The summed E-state index contributed by atoms with van der Waals surface area (Å²) in [5.74, 6) is 1.07. The Morgan fingerprint density at radius 1 is 0.767 bits per heavy atom. The summed E-state index contributed by atoms with van der Waals surface area (Å²) in [6.07, 6.45) is 1.22. The van der Waals surface area contributed by atoms with E-state index in [-0.39, 0.29) is 17.7 Å². The number of rotatable bonds is 8. The Morgan fingerprint density at radius 2 is 1.53 bits per heavy atom. The number of nitrogens with one attached hydrogen (secondary N) is 2. The summed E-state index contributed by atoms with van der Waals surface area (Å²) in [7, 11) is 3.18. The Balaban J connectivity index is 1.32. The van der Waals surface area contributed by atoms with Crippen LogP contribution in [0, 0.1) is 0 Å². The molecule has 3 aromatic rings. The molecule has 0 bridgehead atoms. The van der Waals surface area contributed by atoms with Crippen LogP contribution in [0.1, 0.15) is 32.7 Å². The molecular formula is C33H39N5O5. The van der Waals surface area contributed by atoms with Crippen LogP contribution in [-0.4, -0.2) is 94.1 Å². The van der Waals surface area contributed by atoms with Crippen molar-refractivity contribution in [2.24, 2.45) is 0 Å². The summed E-state index contributed by atoms with van der Waals surface area (Å²) in [5, 5.41) is 6.38. The van der Waals surface area contributed by atoms with Gasteiger partial charge in [0, 0.05) is 56.9 Å². The molecule has 2 saturated heterocycles. The molecule has 2 aliphatic heterocycles. The molecule has 0 unspecified atom stereocenters. The number of anilines is 2. The van der Waals surface area contributed by atoms with Crippen molar-refractivity contribution < 1.29 is 23.9 Å². The van der Waals surface area contributed by atoms with Crippen molar-refractivity contribution in [2.45, 2.75) is 12.8 Å². The van der Waals surface area contributed by atoms with Gasteiger partial charge in [-0.3, -0.25) is 14.4 Å². The fraction of sp³-hybridized carbons (Fsp3) is 0.364. The predicted molar refractivity (Wildman–Crippen MR) is 166 cm³/mol. The van der Waals surface area contributed by atoms with E-state index in [2.05, 4.69) is 15.5 Å². The SMILES string of the molecule is COc1ccc(CC(=O)N2CCN(c3ccc(C(=O)N4CCCNCC4)cc3NC(=O)c3cccc(OC)c3)CC2)cc1. The van der Waals surface area contributed by atoms with Gasteiger partial charge in [0.1, 0.15) is 11.5 Å². The molecule has 43 heavy (non-hydrogen) atoms. The second kappa shape index (κ2) is 14.1. The van der Waals surface area contributed by atoms with Gasteiger partial charge in [-0.05, 0) is 67.1 Å². The highest BCUT2D eigenvalue weighted by atomic mass is 16.5. The van der Waals surface area contributed by atoms with Gasteiger partial charge in [-0.15, -0.1) is 0 Å². The zero-order valence-electron chi connectivity index (χ0n) is 24.8. The van der Waals surface area contributed by atoms with Crippen LogP contribution in [0.2, 0.25) is 0 Å². The zero-order valence-corrected chi connectivity index (χ0v) is 24.8. The maximum absolute atomic E-state index is 13.4. The lowest BCUT2D eigenvalue weighted by Crippen LogP contribution is -2.49. The molecule has 10 nitrogen and oxygen atoms in total. The van der Waals surface area contributed by atoms with Crippen molar-refractivity contribution in [3.05, 3.63) is 83.4 Å². The molecule has 0 aromatic heterocycles. The van der Waals surface area contributed by atoms with Crippen LogP contribution in [0.4, 0.5) is 11.4 Å². The van der Waals surface area contributed by atoms with Gasteiger partial charge in [-0.2, -0.15) is 0 Å². The monoisotopic (exact) mass is 585 g/mol. The van der Waals surface area contributed by atoms with Crippen LogP contribution in [0.25, 0.3) is 0 Å². The Labute approximate surface area is 252 Å². The van der Waals surface area contributed by atoms with E-state index in [1.165, 1.54) is 0 Å². The molecule has 226 valence electrons. The first-order valence-corrected chi connectivity index (χ1v) is 14.7. The summed E-state index contributed by atoms with van der Waals surface area (Å²) >= 11 is 0. The third kappa shape index (κ3) is 7.45. The zero-order chi connectivity index (χ0) is 30.2. The molecule has 2 N–H and O–H groups in total. The van der Waals surface area contributed by atoms with Crippen molar-refractivity contribution in [1.82, 2.24) is 15.1 Å². The Bertz CT molecular complexity index is 1430. The third-order valence-corrected chi connectivity index (χ3v) is 7.94. The summed E-state index contributed by atoms with van der Waals surface area (Å²) in [6.45, 7) is 5.27. The molecule has 0 saturated carbocycles. The second-order valence-corrected chi connectivity index (χ2v) is 10.7. The van der Waals surface area contributed by atoms with Gasteiger partial charge in [0.2, 0.25) is 5.91 Å². The first kappa shape index (κ1) is 29.9. The van der Waals surface area contributed by atoms with Crippen LogP contribution >= 0.6 is 0 Å². The van der Waals surface area contributed by atoms with Crippen molar-refractivity contribution in [2.75, 3.05) is 76.8 Å². The maximum atomic E-state index is 13.4. The van der Waals surface area contributed by atoms with Gasteiger partial charge in [0.15, 0.2) is 0 Å². The number of ether oxygens (including phenoxy) is 2. The fourth-order valence-corrected chi connectivity index (χ4v) is 5.46. The first-order valence-electron chi connectivity index (χ1n) is 14.7. The summed E-state index contributed by atoms with van der Waals surface area (Å²) in [5.41, 5.74) is 3.29. The summed E-state index contributed by atoms with van der Waals surface area (Å²) in [6, 6.07) is 20.0. The van der Waals surface area contributed by atoms with E-state index in [0.717, 1.165) is 36.5 Å².